The van der Waals surface area contributed by atoms with Gasteiger partial charge in [0.1, 0.15) is 5.75 Å². The van der Waals surface area contributed by atoms with Gasteiger partial charge < -0.3 is 30.2 Å². The number of carbonyl (C=O) groups is 4. The highest BCUT2D eigenvalue weighted by Gasteiger charge is 2.46. The van der Waals surface area contributed by atoms with Crippen molar-refractivity contribution in [2.75, 3.05) is 20.2 Å². The Morgan fingerprint density at radius 2 is 1.78 bits per heavy atom. The number of carbonyl (C=O) groups excluding carboxylic acids is 4. The average molecular weight is 515 g/mol. The first-order valence-corrected chi connectivity index (χ1v) is 11.0. The molecule has 1 aliphatic rings. The summed E-state index contributed by atoms with van der Waals surface area (Å²) >= 11 is 0. The molecule has 3 atom stereocenters. The molecule has 10 nitrogen and oxygen atoms in total. The minimum atomic E-state index is -5.42. The van der Waals surface area contributed by atoms with E-state index in [-0.39, 0.29) is 13.1 Å². The SMILES string of the molecule is CCCN(CCc1ccc(OC)cc1)C(=O)[C@@H]1OC(C(=O)OC(=O)C(F)(F)F)=C[C@H](N)[C@H]1NC(C)=O. The minimum absolute atomic E-state index is 0.233. The first-order valence-electron chi connectivity index (χ1n) is 11.0. The zero-order valence-corrected chi connectivity index (χ0v) is 20.0. The van der Waals surface area contributed by atoms with E-state index in [9.17, 15) is 32.3 Å². The standard InChI is InChI=1S/C23H28F3N3O7/c1-4-10-29(11-9-14-5-7-15(34-3)8-6-14)20(31)19-18(28-13(2)30)16(27)12-17(35-19)21(32)36-22(33)23(24,25)26/h5-8,12,16,18-19H,4,9-11,27H2,1-3H3,(H,28,30)/t16-,18+,19+/m0/s1. The molecule has 0 aromatic heterocycles. The second-order valence-corrected chi connectivity index (χ2v) is 7.97. The number of alkyl halides is 3. The number of rotatable bonds is 9. The van der Waals surface area contributed by atoms with E-state index in [1.54, 1.807) is 12.1 Å². The maximum absolute atomic E-state index is 13.4. The number of ether oxygens (including phenoxy) is 3. The fourth-order valence-electron chi connectivity index (χ4n) is 3.49. The molecular formula is C23H28F3N3O7. The molecule has 0 saturated heterocycles. The highest BCUT2D eigenvalue weighted by molar-refractivity contribution is 5.97. The first kappa shape index (κ1) is 28.6. The molecular weight excluding hydrogens is 487 g/mol. The predicted octanol–water partition coefficient (Wildman–Crippen LogP) is 1.22. The van der Waals surface area contributed by atoms with Crippen molar-refractivity contribution in [3.8, 4) is 5.75 Å². The lowest BCUT2D eigenvalue weighted by Crippen LogP contribution is -2.61. The van der Waals surface area contributed by atoms with Crippen LogP contribution in [0.1, 0.15) is 25.8 Å². The fraction of sp³-hybridized carbons (Fsp3) is 0.478. The van der Waals surface area contributed by atoms with Crippen LogP contribution in [0.4, 0.5) is 13.2 Å². The molecule has 0 bridgehead atoms. The van der Waals surface area contributed by atoms with E-state index >= 15 is 0 Å². The number of halogens is 3. The van der Waals surface area contributed by atoms with Gasteiger partial charge in [-0.3, -0.25) is 9.59 Å². The molecule has 0 spiro atoms. The molecule has 36 heavy (non-hydrogen) atoms. The number of amides is 2. The zero-order valence-electron chi connectivity index (χ0n) is 20.0. The molecule has 0 radical (unpaired) electrons. The Morgan fingerprint density at radius 3 is 2.31 bits per heavy atom. The summed E-state index contributed by atoms with van der Waals surface area (Å²) in [6.07, 6.45) is -5.08. The van der Waals surface area contributed by atoms with Crippen molar-refractivity contribution >= 4 is 23.8 Å². The Bertz CT molecular complexity index is 996. The molecule has 0 saturated carbocycles. The number of nitrogens with zero attached hydrogens (tertiary/aromatic N) is 1. The molecule has 0 unspecified atom stereocenters. The molecule has 1 aliphatic heterocycles. The van der Waals surface area contributed by atoms with Crippen LogP contribution in [-0.2, 0) is 35.1 Å². The second-order valence-electron chi connectivity index (χ2n) is 7.97. The zero-order chi connectivity index (χ0) is 27.0. The van der Waals surface area contributed by atoms with Gasteiger partial charge in [-0.15, -0.1) is 0 Å². The normalized spacial score (nSPS) is 19.4. The molecule has 1 aromatic carbocycles. The maximum atomic E-state index is 13.4. The van der Waals surface area contributed by atoms with Gasteiger partial charge in [0.05, 0.1) is 19.2 Å². The van der Waals surface area contributed by atoms with Crippen molar-refractivity contribution in [2.45, 2.75) is 51.1 Å². The van der Waals surface area contributed by atoms with Crippen molar-refractivity contribution in [3.05, 3.63) is 41.7 Å². The van der Waals surface area contributed by atoms with Gasteiger partial charge in [-0.1, -0.05) is 19.1 Å². The van der Waals surface area contributed by atoms with Crippen LogP contribution < -0.4 is 15.8 Å². The third-order valence-corrected chi connectivity index (χ3v) is 5.20. The summed E-state index contributed by atoms with van der Waals surface area (Å²) in [5, 5.41) is 2.48. The third kappa shape index (κ3) is 7.70. The monoisotopic (exact) mass is 515 g/mol. The lowest BCUT2D eigenvalue weighted by molar-refractivity contribution is -0.202. The Kier molecular flexibility index (Phi) is 9.84. The van der Waals surface area contributed by atoms with Crippen molar-refractivity contribution in [2.24, 2.45) is 5.73 Å². The minimum Gasteiger partial charge on any atom is -0.497 e. The van der Waals surface area contributed by atoms with Gasteiger partial charge in [0.15, 0.2) is 6.10 Å². The highest BCUT2D eigenvalue weighted by atomic mass is 19.4. The first-order chi connectivity index (χ1) is 16.9. The van der Waals surface area contributed by atoms with Crippen molar-refractivity contribution in [3.63, 3.8) is 0 Å². The smallest absolute Gasteiger partial charge is 0.491 e. The van der Waals surface area contributed by atoms with Crippen LogP contribution in [0.3, 0.4) is 0 Å². The highest BCUT2D eigenvalue weighted by Crippen LogP contribution is 2.23. The molecule has 2 amide bonds. The summed E-state index contributed by atoms with van der Waals surface area (Å²) in [5.41, 5.74) is 6.90. The molecule has 0 fully saturated rings. The van der Waals surface area contributed by atoms with E-state index in [1.165, 1.54) is 18.9 Å². The lowest BCUT2D eigenvalue weighted by Gasteiger charge is -2.37. The molecule has 1 aromatic rings. The van der Waals surface area contributed by atoms with Gasteiger partial charge in [0, 0.05) is 20.0 Å². The van der Waals surface area contributed by atoms with Crippen molar-refractivity contribution < 1.29 is 46.6 Å². The summed E-state index contributed by atoms with van der Waals surface area (Å²) in [6.45, 7) is 3.53. The Morgan fingerprint density at radius 1 is 1.14 bits per heavy atom. The Labute approximate surface area is 205 Å². The van der Waals surface area contributed by atoms with Gasteiger partial charge in [0.25, 0.3) is 5.91 Å². The van der Waals surface area contributed by atoms with Gasteiger partial charge in [-0.2, -0.15) is 13.2 Å². The molecule has 0 aliphatic carbocycles. The number of benzene rings is 1. The number of hydrogen-bond donors (Lipinski definition) is 2. The summed E-state index contributed by atoms with van der Waals surface area (Å²) in [6, 6.07) is 4.85. The largest absolute Gasteiger partial charge is 0.497 e. The van der Waals surface area contributed by atoms with Crippen LogP contribution in [0.15, 0.2) is 36.1 Å². The Balaban J connectivity index is 2.25. The van der Waals surface area contributed by atoms with E-state index in [0.29, 0.717) is 18.6 Å². The predicted molar refractivity (Wildman–Crippen MR) is 119 cm³/mol. The molecule has 1 heterocycles. The second kappa shape index (κ2) is 12.4. The topological polar surface area (TPSA) is 137 Å². The molecule has 13 heteroatoms. The van der Waals surface area contributed by atoms with Crippen LogP contribution in [-0.4, -0.2) is 73.2 Å². The number of methoxy groups -OCH3 is 1. The summed E-state index contributed by atoms with van der Waals surface area (Å²) in [7, 11) is 1.54. The quantitative estimate of drug-likeness (QED) is 0.370. The number of nitrogens with two attached hydrogens (primary N) is 1. The fourth-order valence-corrected chi connectivity index (χ4v) is 3.49. The van der Waals surface area contributed by atoms with Crippen molar-refractivity contribution in [1.82, 2.24) is 10.2 Å². The molecule has 198 valence electrons. The van der Waals surface area contributed by atoms with Crippen LogP contribution in [0.2, 0.25) is 0 Å². The summed E-state index contributed by atoms with van der Waals surface area (Å²) in [5.74, 6) is -5.88. The van der Waals surface area contributed by atoms with Crippen LogP contribution in [0.5, 0.6) is 5.75 Å². The van der Waals surface area contributed by atoms with Gasteiger partial charge >= 0.3 is 18.1 Å². The van der Waals surface area contributed by atoms with Crippen LogP contribution >= 0.6 is 0 Å². The maximum Gasteiger partial charge on any atom is 0.491 e. The van der Waals surface area contributed by atoms with Gasteiger partial charge in [0.2, 0.25) is 11.7 Å². The van der Waals surface area contributed by atoms with Gasteiger partial charge in [-0.25, -0.2) is 9.59 Å². The lowest BCUT2D eigenvalue weighted by atomic mass is 9.97. The summed E-state index contributed by atoms with van der Waals surface area (Å²) in [4.78, 5) is 49.8. The molecule has 3 N–H and O–H groups in total. The summed E-state index contributed by atoms with van der Waals surface area (Å²) < 4.78 is 51.8. The third-order valence-electron chi connectivity index (χ3n) is 5.20. The Hall–Kier alpha value is -3.61. The van der Waals surface area contributed by atoms with Gasteiger partial charge in [-0.05, 0) is 36.6 Å². The molecule has 2 rings (SSSR count). The van der Waals surface area contributed by atoms with E-state index < -0.39 is 53.9 Å². The number of esters is 2. The van der Waals surface area contributed by atoms with Crippen molar-refractivity contribution in [1.29, 1.82) is 0 Å². The van der Waals surface area contributed by atoms with E-state index in [0.717, 1.165) is 11.6 Å². The average Bonchev–Trinajstić information content (AvgIpc) is 2.81. The van der Waals surface area contributed by atoms with E-state index in [2.05, 4.69) is 10.1 Å². The van der Waals surface area contributed by atoms with E-state index in [4.69, 9.17) is 15.2 Å². The number of hydrogen-bond acceptors (Lipinski definition) is 8. The van der Waals surface area contributed by atoms with E-state index in [1.807, 2.05) is 19.1 Å². The van der Waals surface area contributed by atoms with Crippen LogP contribution in [0, 0.1) is 0 Å². The number of nitrogens with one attached hydrogen (secondary N) is 1. The van der Waals surface area contributed by atoms with Crippen LogP contribution in [0.25, 0.3) is 0 Å².